The second-order valence-electron chi connectivity index (χ2n) is 4.66. The molecule has 0 aromatic carbocycles. The van der Waals surface area contributed by atoms with Crippen molar-refractivity contribution in [3.8, 4) is 11.5 Å². The lowest BCUT2D eigenvalue weighted by atomic mass is 10.1. The van der Waals surface area contributed by atoms with Gasteiger partial charge >= 0.3 is 0 Å². The molecule has 100 valence electrons. The number of rotatable bonds is 2. The number of hydrogen-bond donors (Lipinski definition) is 0. The van der Waals surface area contributed by atoms with Crippen molar-refractivity contribution >= 4 is 28.8 Å². The molecule has 1 fully saturated rings. The van der Waals surface area contributed by atoms with E-state index in [4.69, 9.17) is 11.6 Å². The lowest BCUT2D eigenvalue weighted by molar-refractivity contribution is 0.573. The minimum absolute atomic E-state index is 0.541. The largest absolute Gasteiger partial charge is 0.357 e. The van der Waals surface area contributed by atoms with Crippen LogP contribution in [0.5, 0.6) is 0 Å². The summed E-state index contributed by atoms with van der Waals surface area (Å²) in [5.41, 5.74) is 0.800. The van der Waals surface area contributed by atoms with Gasteiger partial charge in [-0.3, -0.25) is 0 Å². The molecule has 0 atom stereocenters. The fraction of sp³-hybridized carbons (Fsp3) is 0.462. The van der Waals surface area contributed by atoms with E-state index in [1.165, 1.54) is 30.6 Å². The molecule has 3 heterocycles. The van der Waals surface area contributed by atoms with E-state index >= 15 is 0 Å². The molecule has 0 spiro atoms. The van der Waals surface area contributed by atoms with Crippen molar-refractivity contribution in [3.05, 3.63) is 21.6 Å². The normalized spacial score (nSPS) is 15.8. The van der Waals surface area contributed by atoms with E-state index in [1.54, 1.807) is 6.20 Å². The molecule has 4 nitrogen and oxygen atoms in total. The Morgan fingerprint density at radius 2 is 2.00 bits per heavy atom. The second kappa shape index (κ2) is 5.43. The quantitative estimate of drug-likeness (QED) is 0.849. The average molecular weight is 295 g/mol. The highest BCUT2D eigenvalue weighted by Crippen LogP contribution is 2.29. The van der Waals surface area contributed by atoms with Crippen molar-refractivity contribution in [3.63, 3.8) is 0 Å². The third-order valence-electron chi connectivity index (χ3n) is 3.30. The Hall–Kier alpha value is -1.20. The Bertz CT molecular complexity index is 578. The van der Waals surface area contributed by atoms with Crippen molar-refractivity contribution in [2.75, 3.05) is 18.0 Å². The van der Waals surface area contributed by atoms with Crippen LogP contribution in [0, 0.1) is 6.92 Å². The molecule has 1 aliphatic heterocycles. The molecule has 0 aliphatic carbocycles. The molecule has 0 bridgehead atoms. The van der Waals surface area contributed by atoms with Gasteiger partial charge in [0.05, 0.1) is 0 Å². The zero-order valence-corrected chi connectivity index (χ0v) is 12.3. The van der Waals surface area contributed by atoms with Crippen molar-refractivity contribution < 1.29 is 0 Å². The molecule has 0 N–H and O–H groups in total. The van der Waals surface area contributed by atoms with Crippen molar-refractivity contribution in [1.82, 2.24) is 15.0 Å². The molecule has 2 aromatic rings. The van der Waals surface area contributed by atoms with Crippen molar-refractivity contribution in [1.29, 1.82) is 0 Å². The minimum atomic E-state index is 0.541. The summed E-state index contributed by atoms with van der Waals surface area (Å²) in [5.74, 6) is 1.66. The number of piperidine rings is 1. The van der Waals surface area contributed by atoms with Crippen LogP contribution >= 0.6 is 22.9 Å². The predicted octanol–water partition coefficient (Wildman–Crippen LogP) is 3.55. The minimum Gasteiger partial charge on any atom is -0.357 e. The maximum atomic E-state index is 5.95. The van der Waals surface area contributed by atoms with Gasteiger partial charge in [-0.1, -0.05) is 11.6 Å². The van der Waals surface area contributed by atoms with E-state index in [2.05, 4.69) is 19.9 Å². The highest BCUT2D eigenvalue weighted by Gasteiger charge is 2.15. The first-order valence-electron chi connectivity index (χ1n) is 6.45. The molecule has 0 radical (unpaired) electrons. The molecule has 6 heteroatoms. The van der Waals surface area contributed by atoms with Crippen LogP contribution in [0.4, 0.5) is 5.82 Å². The molecule has 2 aromatic heterocycles. The summed E-state index contributed by atoms with van der Waals surface area (Å²) in [6, 6.07) is 1.97. The topological polar surface area (TPSA) is 41.9 Å². The lowest BCUT2D eigenvalue weighted by Gasteiger charge is -2.27. The van der Waals surface area contributed by atoms with E-state index in [0.29, 0.717) is 10.3 Å². The first kappa shape index (κ1) is 12.8. The van der Waals surface area contributed by atoms with Gasteiger partial charge in [0.1, 0.15) is 11.5 Å². The summed E-state index contributed by atoms with van der Waals surface area (Å²) in [6.45, 7) is 4.15. The van der Waals surface area contributed by atoms with Crippen LogP contribution in [-0.2, 0) is 0 Å². The van der Waals surface area contributed by atoms with Crippen molar-refractivity contribution in [2.45, 2.75) is 26.2 Å². The number of aryl methyl sites for hydroxylation is 1. The van der Waals surface area contributed by atoms with Gasteiger partial charge in [-0.05, 0) is 32.3 Å². The Morgan fingerprint density at radius 3 is 2.68 bits per heavy atom. The third-order valence-corrected chi connectivity index (χ3v) is 4.38. The zero-order chi connectivity index (χ0) is 13.2. The van der Waals surface area contributed by atoms with Crippen LogP contribution in [0.25, 0.3) is 11.5 Å². The number of aromatic nitrogens is 3. The Morgan fingerprint density at radius 1 is 1.21 bits per heavy atom. The Kier molecular flexibility index (Phi) is 3.66. The number of thiazole rings is 1. The van der Waals surface area contributed by atoms with Gasteiger partial charge in [0.15, 0.2) is 10.3 Å². The van der Waals surface area contributed by atoms with Crippen LogP contribution in [0.15, 0.2) is 12.3 Å². The number of nitrogens with zero attached hydrogens (tertiary/aromatic N) is 4. The van der Waals surface area contributed by atoms with E-state index in [9.17, 15) is 0 Å². The van der Waals surface area contributed by atoms with Gasteiger partial charge in [0, 0.05) is 24.2 Å². The van der Waals surface area contributed by atoms with E-state index in [0.717, 1.165) is 29.5 Å². The van der Waals surface area contributed by atoms with Crippen LogP contribution in [0.2, 0.25) is 4.47 Å². The van der Waals surface area contributed by atoms with Gasteiger partial charge in [-0.15, -0.1) is 11.3 Å². The van der Waals surface area contributed by atoms with Gasteiger partial charge in [-0.2, -0.15) is 0 Å². The highest BCUT2D eigenvalue weighted by molar-refractivity contribution is 7.16. The van der Waals surface area contributed by atoms with Crippen LogP contribution in [-0.4, -0.2) is 28.0 Å². The van der Waals surface area contributed by atoms with Gasteiger partial charge in [-0.25, -0.2) is 15.0 Å². The fourth-order valence-electron chi connectivity index (χ4n) is 2.33. The summed E-state index contributed by atoms with van der Waals surface area (Å²) in [5, 5.41) is 0. The monoisotopic (exact) mass is 294 g/mol. The van der Waals surface area contributed by atoms with Crippen molar-refractivity contribution in [2.24, 2.45) is 0 Å². The van der Waals surface area contributed by atoms with Gasteiger partial charge in [0.25, 0.3) is 0 Å². The second-order valence-corrected chi connectivity index (χ2v) is 6.44. The van der Waals surface area contributed by atoms with E-state index in [-0.39, 0.29) is 0 Å². The summed E-state index contributed by atoms with van der Waals surface area (Å²) in [7, 11) is 0. The highest BCUT2D eigenvalue weighted by atomic mass is 35.5. The van der Waals surface area contributed by atoms with Crippen LogP contribution in [0.1, 0.15) is 24.1 Å². The third kappa shape index (κ3) is 2.72. The van der Waals surface area contributed by atoms with Crippen LogP contribution in [0.3, 0.4) is 0 Å². The molecular weight excluding hydrogens is 280 g/mol. The SMILES string of the molecule is Cc1sc(Cl)nc1-c1nccc(N2CCCCC2)n1. The summed E-state index contributed by atoms with van der Waals surface area (Å²) in [6.07, 6.45) is 5.59. The first-order valence-corrected chi connectivity index (χ1v) is 7.65. The number of hydrogen-bond acceptors (Lipinski definition) is 5. The molecule has 1 saturated heterocycles. The van der Waals surface area contributed by atoms with Gasteiger partial charge in [0.2, 0.25) is 0 Å². The van der Waals surface area contributed by atoms with E-state index in [1.807, 2.05) is 13.0 Å². The van der Waals surface area contributed by atoms with Crippen LogP contribution < -0.4 is 4.90 Å². The fourth-order valence-corrected chi connectivity index (χ4v) is 3.39. The molecule has 0 saturated carbocycles. The number of anilines is 1. The zero-order valence-electron chi connectivity index (χ0n) is 10.8. The molecule has 0 amide bonds. The predicted molar refractivity (Wildman–Crippen MR) is 79.0 cm³/mol. The smallest absolute Gasteiger partial charge is 0.184 e. The van der Waals surface area contributed by atoms with E-state index < -0.39 is 0 Å². The Labute approximate surface area is 121 Å². The molecule has 0 unspecified atom stereocenters. The lowest BCUT2D eigenvalue weighted by Crippen LogP contribution is -2.30. The number of halogens is 1. The summed E-state index contributed by atoms with van der Waals surface area (Å²) < 4.78 is 0.541. The molecular formula is C13H15ClN4S. The maximum absolute atomic E-state index is 5.95. The Balaban J connectivity index is 1.93. The summed E-state index contributed by atoms with van der Waals surface area (Å²) >= 11 is 7.41. The molecule has 1 aliphatic rings. The standard InChI is InChI=1S/C13H15ClN4S/c1-9-11(17-13(14)19-9)12-15-6-5-10(16-12)18-7-3-2-4-8-18/h5-6H,2-4,7-8H2,1H3. The average Bonchev–Trinajstić information content (AvgIpc) is 2.79. The maximum Gasteiger partial charge on any atom is 0.184 e. The van der Waals surface area contributed by atoms with Gasteiger partial charge < -0.3 is 4.90 Å². The molecule has 19 heavy (non-hydrogen) atoms. The first-order chi connectivity index (χ1) is 9.24. The molecule has 3 rings (SSSR count). The summed E-state index contributed by atoms with van der Waals surface area (Å²) in [4.78, 5) is 16.6.